The minimum absolute atomic E-state index is 0.0869. The summed E-state index contributed by atoms with van der Waals surface area (Å²) in [6.45, 7) is 1.83. The monoisotopic (exact) mass is 418 g/mol. The number of fused-ring (bicyclic) bond motifs is 2. The van der Waals surface area contributed by atoms with Gasteiger partial charge in [0, 0.05) is 16.9 Å². The van der Waals surface area contributed by atoms with Crippen molar-refractivity contribution in [2.75, 3.05) is 0 Å². The molecule has 3 nitrogen and oxygen atoms in total. The summed E-state index contributed by atoms with van der Waals surface area (Å²) in [5.74, 6) is -0.993. The first-order valence-electron chi connectivity index (χ1n) is 9.99. The van der Waals surface area contributed by atoms with Crippen molar-refractivity contribution in [2.45, 2.75) is 55.0 Å². The van der Waals surface area contributed by atoms with E-state index in [1.54, 1.807) is 36.0 Å². The number of hydrogen-bond acceptors (Lipinski definition) is 4. The molecule has 0 saturated carbocycles. The molecule has 2 saturated heterocycles. The minimum atomic E-state index is -0.548. The van der Waals surface area contributed by atoms with E-state index in [-0.39, 0.29) is 39.9 Å². The molecule has 0 spiro atoms. The quantitative estimate of drug-likeness (QED) is 0.740. The lowest BCUT2D eigenvalue weighted by Gasteiger charge is -2.38. The fourth-order valence-electron chi connectivity index (χ4n) is 4.43. The van der Waals surface area contributed by atoms with Crippen LogP contribution in [-0.4, -0.2) is 33.6 Å². The normalized spacial score (nSPS) is 28.7. The van der Waals surface area contributed by atoms with Crippen LogP contribution >= 0.6 is 11.8 Å². The van der Waals surface area contributed by atoms with Crippen molar-refractivity contribution in [1.82, 2.24) is 0 Å². The van der Waals surface area contributed by atoms with Crippen LogP contribution in [-0.2, 0) is 9.53 Å². The van der Waals surface area contributed by atoms with E-state index in [0.717, 1.165) is 11.1 Å². The molecular formula is C23H24F2O3S. The number of carbonyl (C=O) groups is 1. The molecule has 2 aliphatic rings. The van der Waals surface area contributed by atoms with Gasteiger partial charge < -0.3 is 9.84 Å². The van der Waals surface area contributed by atoms with Gasteiger partial charge in [0.1, 0.15) is 23.5 Å². The molecule has 2 unspecified atom stereocenters. The molecule has 4 rings (SSSR count). The lowest BCUT2D eigenvalue weighted by atomic mass is 9.89. The predicted octanol–water partition coefficient (Wildman–Crippen LogP) is 4.67. The smallest absolute Gasteiger partial charge is 0.139 e. The Hall–Kier alpha value is -1.76. The van der Waals surface area contributed by atoms with E-state index >= 15 is 0 Å². The van der Waals surface area contributed by atoms with Crippen molar-refractivity contribution in [2.24, 2.45) is 5.92 Å². The van der Waals surface area contributed by atoms with Gasteiger partial charge in [-0.3, -0.25) is 4.79 Å². The first-order chi connectivity index (χ1) is 14.0. The second-order valence-electron chi connectivity index (χ2n) is 7.76. The highest BCUT2D eigenvalue weighted by atomic mass is 32.2. The highest BCUT2D eigenvalue weighted by Gasteiger charge is 2.51. The number of hydrogen-bond donors (Lipinski definition) is 1. The first kappa shape index (κ1) is 20.5. The Bertz CT molecular complexity index is 810. The van der Waals surface area contributed by atoms with Crippen LogP contribution in [0.25, 0.3) is 0 Å². The number of halogens is 2. The third-order valence-corrected chi connectivity index (χ3v) is 7.55. The zero-order chi connectivity index (χ0) is 20.5. The molecule has 2 bridgehead atoms. The first-order valence-corrected chi connectivity index (χ1v) is 10.9. The van der Waals surface area contributed by atoms with Crippen LogP contribution in [0.3, 0.4) is 0 Å². The van der Waals surface area contributed by atoms with E-state index in [4.69, 9.17) is 4.74 Å². The highest BCUT2D eigenvalue weighted by Crippen LogP contribution is 2.49. The van der Waals surface area contributed by atoms with E-state index in [2.05, 4.69) is 0 Å². The van der Waals surface area contributed by atoms with Gasteiger partial charge in [0.05, 0.1) is 18.1 Å². The molecule has 29 heavy (non-hydrogen) atoms. The Kier molecular flexibility index (Phi) is 6.04. The fraction of sp³-hybridized carbons (Fsp3) is 0.435. The van der Waals surface area contributed by atoms with Crippen molar-refractivity contribution in [1.29, 1.82) is 0 Å². The summed E-state index contributed by atoms with van der Waals surface area (Å²) < 4.78 is 33.4. The number of rotatable bonds is 6. The van der Waals surface area contributed by atoms with Crippen molar-refractivity contribution >= 4 is 17.5 Å². The Morgan fingerprint density at radius 3 is 2.14 bits per heavy atom. The summed E-state index contributed by atoms with van der Waals surface area (Å²) in [6, 6.07) is 12.1. The third-order valence-electron chi connectivity index (χ3n) is 5.86. The molecule has 2 fully saturated rings. The molecule has 2 heterocycles. The number of thioether (sulfide) groups is 1. The van der Waals surface area contributed by atoms with Gasteiger partial charge in [-0.1, -0.05) is 31.2 Å². The molecule has 1 N–H and O–H groups in total. The summed E-state index contributed by atoms with van der Waals surface area (Å²) in [7, 11) is 0. The molecule has 0 amide bonds. The molecule has 6 heteroatoms. The summed E-state index contributed by atoms with van der Waals surface area (Å²) in [4.78, 5) is 12.8. The molecule has 2 aromatic carbocycles. The van der Waals surface area contributed by atoms with Crippen molar-refractivity contribution in [3.63, 3.8) is 0 Å². The fourth-order valence-corrected chi connectivity index (χ4v) is 6.27. The lowest BCUT2D eigenvalue weighted by Crippen LogP contribution is -2.44. The van der Waals surface area contributed by atoms with E-state index in [9.17, 15) is 18.7 Å². The summed E-state index contributed by atoms with van der Waals surface area (Å²) in [5, 5.41) is 10.5. The molecule has 5 atom stereocenters. The topological polar surface area (TPSA) is 46.5 Å². The lowest BCUT2D eigenvalue weighted by molar-refractivity contribution is -0.130. The maximum atomic E-state index is 13.5. The molecule has 2 aliphatic heterocycles. The largest absolute Gasteiger partial charge is 0.392 e. The molecule has 2 aromatic rings. The summed E-state index contributed by atoms with van der Waals surface area (Å²) >= 11 is 1.69. The zero-order valence-electron chi connectivity index (χ0n) is 16.1. The van der Waals surface area contributed by atoms with Crippen molar-refractivity contribution < 1.29 is 23.4 Å². The molecule has 154 valence electrons. The molecular weight excluding hydrogens is 394 g/mol. The van der Waals surface area contributed by atoms with Gasteiger partial charge >= 0.3 is 0 Å². The molecule has 0 aliphatic carbocycles. The van der Waals surface area contributed by atoms with Gasteiger partial charge in [0.15, 0.2) is 0 Å². The number of aliphatic hydroxyl groups excluding tert-OH is 1. The van der Waals surface area contributed by atoms with Gasteiger partial charge in [0.2, 0.25) is 0 Å². The van der Waals surface area contributed by atoms with Crippen LogP contribution in [0.1, 0.15) is 43.4 Å². The number of ketones is 1. The summed E-state index contributed by atoms with van der Waals surface area (Å²) in [6.07, 6.45) is 0.322. The van der Waals surface area contributed by atoms with Gasteiger partial charge in [0.25, 0.3) is 0 Å². The number of carbonyl (C=O) groups excluding carboxylic acids is 1. The predicted molar refractivity (Wildman–Crippen MR) is 109 cm³/mol. The van der Waals surface area contributed by atoms with Crippen LogP contribution in [0.4, 0.5) is 8.78 Å². The standard InChI is InChI=1S/C23H24F2O3S/c1-2-18(26)21-20(12-17-11-19(27)23(21)29-17)28-22(13-3-7-15(24)8-4-13)14-5-9-16(25)10-6-14/h3-10,17,19-23,27H,2,11-12H2,1H3/t17?,19?,20-,21+,23-/m1/s1. The average molecular weight is 419 g/mol. The van der Waals surface area contributed by atoms with E-state index in [1.807, 2.05) is 6.92 Å². The summed E-state index contributed by atoms with van der Waals surface area (Å²) in [5.41, 5.74) is 1.48. The SMILES string of the molecule is CCC(=O)[C@@H]1[C@@H]2SC(CC2O)C[C@H]1OC(c1ccc(F)cc1)c1ccc(F)cc1. The van der Waals surface area contributed by atoms with E-state index in [1.165, 1.54) is 24.3 Å². The van der Waals surface area contributed by atoms with Gasteiger partial charge in [-0.2, -0.15) is 11.8 Å². The van der Waals surface area contributed by atoms with Crippen LogP contribution in [0.5, 0.6) is 0 Å². The Labute approximate surface area is 173 Å². The van der Waals surface area contributed by atoms with Gasteiger partial charge in [-0.05, 0) is 48.2 Å². The Morgan fingerprint density at radius 2 is 1.62 bits per heavy atom. The number of ether oxygens (including phenoxy) is 1. The number of Topliss-reactive ketones (excluding diaryl/α,β-unsaturated/α-hetero) is 1. The number of aliphatic hydroxyl groups is 1. The number of benzene rings is 2. The van der Waals surface area contributed by atoms with Crippen LogP contribution in [0.2, 0.25) is 0 Å². The van der Waals surface area contributed by atoms with Crippen LogP contribution in [0, 0.1) is 17.6 Å². The molecule has 0 radical (unpaired) electrons. The average Bonchev–Trinajstić information content (AvgIpc) is 3.01. The van der Waals surface area contributed by atoms with Crippen LogP contribution in [0.15, 0.2) is 48.5 Å². The highest BCUT2D eigenvalue weighted by molar-refractivity contribution is 8.00. The second kappa shape index (κ2) is 8.54. The van der Waals surface area contributed by atoms with E-state index in [0.29, 0.717) is 19.3 Å². The van der Waals surface area contributed by atoms with Crippen LogP contribution < -0.4 is 0 Å². The molecule has 0 aromatic heterocycles. The Balaban J connectivity index is 1.68. The maximum absolute atomic E-state index is 13.5. The van der Waals surface area contributed by atoms with Crippen molar-refractivity contribution in [3.05, 3.63) is 71.3 Å². The van der Waals surface area contributed by atoms with E-state index < -0.39 is 12.2 Å². The minimum Gasteiger partial charge on any atom is -0.392 e. The third kappa shape index (κ3) is 4.25. The van der Waals surface area contributed by atoms with Crippen molar-refractivity contribution in [3.8, 4) is 0 Å². The maximum Gasteiger partial charge on any atom is 0.139 e. The van der Waals surface area contributed by atoms with Gasteiger partial charge in [-0.15, -0.1) is 0 Å². The second-order valence-corrected chi connectivity index (χ2v) is 9.25. The Morgan fingerprint density at radius 1 is 1.07 bits per heavy atom. The zero-order valence-corrected chi connectivity index (χ0v) is 16.9. The van der Waals surface area contributed by atoms with Gasteiger partial charge in [-0.25, -0.2) is 8.78 Å².